The first-order chi connectivity index (χ1) is 17.2. The predicted molar refractivity (Wildman–Crippen MR) is 133 cm³/mol. The Labute approximate surface area is 210 Å². The van der Waals surface area contributed by atoms with Gasteiger partial charge in [-0.15, -0.1) is 5.10 Å². The van der Waals surface area contributed by atoms with Gasteiger partial charge in [0.1, 0.15) is 11.8 Å². The van der Waals surface area contributed by atoms with E-state index in [1.165, 1.54) is 4.68 Å². The summed E-state index contributed by atoms with van der Waals surface area (Å²) in [7, 11) is 0. The second kappa shape index (κ2) is 12.8. The molecule has 0 bridgehead atoms. The van der Waals surface area contributed by atoms with Crippen LogP contribution in [-0.2, 0) is 33.9 Å². The topological polar surface area (TPSA) is 157 Å². The summed E-state index contributed by atoms with van der Waals surface area (Å²) in [5, 5.41) is 27.1. The van der Waals surface area contributed by atoms with Crippen molar-refractivity contribution in [3.8, 4) is 5.75 Å². The minimum absolute atomic E-state index is 0.131. The molecule has 0 fully saturated rings. The Bertz CT molecular complexity index is 1130. The fraction of sp³-hybridized carbons (Fsp3) is 0.400. The maximum absolute atomic E-state index is 12.6. The lowest BCUT2D eigenvalue weighted by molar-refractivity contribution is -0.126. The number of nitrogens with one attached hydrogen (secondary N) is 2. The molecule has 5 N–H and O–H groups in total. The molecule has 0 spiro atoms. The van der Waals surface area contributed by atoms with E-state index >= 15 is 0 Å². The molecule has 0 saturated carbocycles. The number of nitrogens with two attached hydrogens (primary N) is 1. The molecule has 192 valence electrons. The first-order valence-corrected chi connectivity index (χ1v) is 11.7. The number of benzene rings is 2. The van der Waals surface area contributed by atoms with E-state index in [9.17, 15) is 14.7 Å². The first kappa shape index (κ1) is 26.8. The molecule has 0 aliphatic rings. The molecule has 11 heteroatoms. The molecule has 1 aromatic heterocycles. The van der Waals surface area contributed by atoms with Gasteiger partial charge in [-0.3, -0.25) is 9.59 Å². The third-order valence-electron chi connectivity index (χ3n) is 5.35. The van der Waals surface area contributed by atoms with E-state index in [-0.39, 0.29) is 30.6 Å². The van der Waals surface area contributed by atoms with Gasteiger partial charge in [0.05, 0.1) is 25.3 Å². The smallest absolute Gasteiger partial charge is 0.240 e. The molecule has 0 radical (unpaired) electrons. The summed E-state index contributed by atoms with van der Waals surface area (Å²) in [6.07, 6.45) is 0.793. The Morgan fingerprint density at radius 3 is 2.61 bits per heavy atom. The molecule has 2 aromatic carbocycles. The molecular formula is C25H33N7O4. The van der Waals surface area contributed by atoms with Crippen molar-refractivity contribution in [3.63, 3.8) is 0 Å². The van der Waals surface area contributed by atoms with E-state index in [4.69, 9.17) is 10.5 Å². The van der Waals surface area contributed by atoms with Crippen LogP contribution in [0, 0.1) is 0 Å². The molecule has 1 atom stereocenters. The molecular weight excluding hydrogens is 462 g/mol. The highest BCUT2D eigenvalue weighted by molar-refractivity contribution is 5.85. The van der Waals surface area contributed by atoms with E-state index in [0.29, 0.717) is 31.9 Å². The van der Waals surface area contributed by atoms with Crippen molar-refractivity contribution >= 4 is 11.8 Å². The third-order valence-corrected chi connectivity index (χ3v) is 5.35. The predicted octanol–water partition coefficient (Wildman–Crippen LogP) is 1.24. The quantitative estimate of drug-likeness (QED) is 0.276. The van der Waals surface area contributed by atoms with E-state index in [1.54, 1.807) is 32.0 Å². The number of carbonyl (C=O) groups is 2. The van der Waals surface area contributed by atoms with Crippen LogP contribution in [0.2, 0.25) is 0 Å². The zero-order valence-corrected chi connectivity index (χ0v) is 20.6. The number of carbonyl (C=O) groups excluding carboxylic acids is 2. The monoisotopic (exact) mass is 495 g/mol. The van der Waals surface area contributed by atoms with Gasteiger partial charge in [-0.25, -0.2) is 4.68 Å². The lowest BCUT2D eigenvalue weighted by Gasteiger charge is -2.24. The van der Waals surface area contributed by atoms with Crippen LogP contribution in [0.25, 0.3) is 0 Å². The van der Waals surface area contributed by atoms with Gasteiger partial charge in [-0.05, 0) is 54.0 Å². The standard InChI is InChI=1S/C25H33N7O4/c1-25(2,26)24(35)28-21(17-36-16-19-7-4-3-5-8-19)23-29-30-31-32(23)14-13-27-22(34)12-11-18-9-6-10-20(33)15-18/h3-10,15,21,33H,11-14,16-17,26H2,1-2H3,(H,27,34)(H,28,35)/t21-/m1/s1. The van der Waals surface area contributed by atoms with Crippen molar-refractivity contribution < 1.29 is 19.4 Å². The number of aromatic nitrogens is 4. The van der Waals surface area contributed by atoms with Gasteiger partial charge in [-0.1, -0.05) is 42.5 Å². The molecule has 2 amide bonds. The first-order valence-electron chi connectivity index (χ1n) is 11.7. The fourth-order valence-corrected chi connectivity index (χ4v) is 3.37. The zero-order chi connectivity index (χ0) is 26.0. The van der Waals surface area contributed by atoms with E-state index in [1.807, 2.05) is 36.4 Å². The Balaban J connectivity index is 1.56. The van der Waals surface area contributed by atoms with E-state index < -0.39 is 11.6 Å². The summed E-state index contributed by atoms with van der Waals surface area (Å²) in [5.41, 5.74) is 6.73. The maximum atomic E-state index is 12.6. The lowest BCUT2D eigenvalue weighted by atomic mass is 10.1. The number of phenolic OH excluding ortho intramolecular Hbond substituents is 1. The van der Waals surface area contributed by atoms with Crippen molar-refractivity contribution in [2.75, 3.05) is 13.2 Å². The molecule has 3 aromatic rings. The van der Waals surface area contributed by atoms with E-state index in [0.717, 1.165) is 11.1 Å². The Morgan fingerprint density at radius 1 is 1.14 bits per heavy atom. The lowest BCUT2D eigenvalue weighted by Crippen LogP contribution is -2.51. The molecule has 3 rings (SSSR count). The summed E-state index contributed by atoms with van der Waals surface area (Å²) in [4.78, 5) is 24.8. The van der Waals surface area contributed by atoms with Crippen LogP contribution in [0.4, 0.5) is 0 Å². The Kier molecular flexibility index (Phi) is 9.48. The van der Waals surface area contributed by atoms with Crippen molar-refractivity contribution in [1.82, 2.24) is 30.8 Å². The minimum Gasteiger partial charge on any atom is -0.508 e. The molecule has 0 aliphatic carbocycles. The van der Waals surface area contributed by atoms with Crippen molar-refractivity contribution in [2.45, 2.75) is 51.4 Å². The van der Waals surface area contributed by atoms with Crippen LogP contribution < -0.4 is 16.4 Å². The normalized spacial score (nSPS) is 12.2. The summed E-state index contributed by atoms with van der Waals surface area (Å²) in [6.45, 7) is 4.31. The summed E-state index contributed by atoms with van der Waals surface area (Å²) < 4.78 is 7.37. The van der Waals surface area contributed by atoms with Gasteiger partial charge < -0.3 is 26.2 Å². The van der Waals surface area contributed by atoms with Gasteiger partial charge in [-0.2, -0.15) is 0 Å². The van der Waals surface area contributed by atoms with Crippen LogP contribution >= 0.6 is 0 Å². The number of hydrogen-bond acceptors (Lipinski definition) is 8. The minimum atomic E-state index is -1.10. The second-order valence-corrected chi connectivity index (χ2v) is 9.03. The van der Waals surface area contributed by atoms with Crippen LogP contribution in [0.1, 0.15) is 43.3 Å². The number of aromatic hydroxyl groups is 1. The SMILES string of the molecule is CC(C)(N)C(=O)N[C@H](COCc1ccccc1)c1nnnn1CCNC(=O)CCc1cccc(O)c1. The fourth-order valence-electron chi connectivity index (χ4n) is 3.37. The zero-order valence-electron chi connectivity index (χ0n) is 20.6. The van der Waals surface area contributed by atoms with Gasteiger partial charge >= 0.3 is 0 Å². The highest BCUT2D eigenvalue weighted by atomic mass is 16.5. The van der Waals surface area contributed by atoms with Gasteiger partial charge in [0.2, 0.25) is 11.8 Å². The molecule has 1 heterocycles. The molecule has 0 saturated heterocycles. The van der Waals surface area contributed by atoms with Gasteiger partial charge in [0, 0.05) is 13.0 Å². The molecule has 36 heavy (non-hydrogen) atoms. The molecule has 11 nitrogen and oxygen atoms in total. The number of nitrogens with zero attached hydrogens (tertiary/aromatic N) is 4. The van der Waals surface area contributed by atoms with E-state index in [2.05, 4.69) is 26.2 Å². The number of amides is 2. The third kappa shape index (κ3) is 8.43. The summed E-state index contributed by atoms with van der Waals surface area (Å²) in [6, 6.07) is 15.9. The summed E-state index contributed by atoms with van der Waals surface area (Å²) >= 11 is 0. The van der Waals surface area contributed by atoms with Gasteiger partial charge in [0.15, 0.2) is 5.82 Å². The Hall–Kier alpha value is -3.83. The number of aryl methyl sites for hydroxylation is 1. The number of phenols is 1. The maximum Gasteiger partial charge on any atom is 0.240 e. The molecule has 0 unspecified atom stereocenters. The average Bonchev–Trinajstić information content (AvgIpc) is 3.30. The van der Waals surface area contributed by atoms with Crippen molar-refractivity contribution in [3.05, 3.63) is 71.5 Å². The van der Waals surface area contributed by atoms with Crippen molar-refractivity contribution in [2.24, 2.45) is 5.73 Å². The Morgan fingerprint density at radius 2 is 1.89 bits per heavy atom. The van der Waals surface area contributed by atoms with Crippen LogP contribution in [0.15, 0.2) is 54.6 Å². The number of hydrogen-bond donors (Lipinski definition) is 4. The number of ether oxygens (including phenoxy) is 1. The second-order valence-electron chi connectivity index (χ2n) is 9.03. The van der Waals surface area contributed by atoms with Crippen molar-refractivity contribution in [1.29, 1.82) is 0 Å². The largest absolute Gasteiger partial charge is 0.508 e. The highest BCUT2D eigenvalue weighted by Crippen LogP contribution is 2.14. The number of tetrazole rings is 1. The molecule has 0 aliphatic heterocycles. The van der Waals surface area contributed by atoms with Crippen LogP contribution in [0.3, 0.4) is 0 Å². The highest BCUT2D eigenvalue weighted by Gasteiger charge is 2.28. The van der Waals surface area contributed by atoms with Gasteiger partial charge in [0.25, 0.3) is 0 Å². The average molecular weight is 496 g/mol. The van der Waals surface area contributed by atoms with Crippen LogP contribution in [0.5, 0.6) is 5.75 Å². The van der Waals surface area contributed by atoms with Crippen LogP contribution in [-0.4, -0.2) is 55.8 Å². The number of rotatable bonds is 13. The summed E-state index contributed by atoms with van der Waals surface area (Å²) in [5.74, 6) is 0.0701.